The molecule has 0 N–H and O–H groups in total. The Morgan fingerprint density at radius 1 is 1.11 bits per heavy atom. The standard InChI is InChI=1S/C14H15ClN2O2/c15-8-13-16-17-14(19-13)9-18-12-6-5-10-3-1-2-4-11(10)7-12/h5-7H,1-4,8-9H2. The number of nitrogens with zero attached hydrogens (tertiary/aromatic N) is 2. The second-order valence-corrected chi connectivity index (χ2v) is 4.92. The molecule has 1 heterocycles. The van der Waals surface area contributed by atoms with Gasteiger partial charge in [0.15, 0.2) is 6.61 Å². The summed E-state index contributed by atoms with van der Waals surface area (Å²) in [5.74, 6) is 1.96. The Labute approximate surface area is 116 Å². The fraction of sp³-hybridized carbons (Fsp3) is 0.429. The van der Waals surface area contributed by atoms with Gasteiger partial charge in [0.05, 0.1) is 0 Å². The van der Waals surface area contributed by atoms with Gasteiger partial charge in [-0.3, -0.25) is 0 Å². The third-order valence-corrected chi connectivity index (χ3v) is 3.53. The maximum atomic E-state index is 5.68. The third-order valence-electron chi connectivity index (χ3n) is 3.31. The van der Waals surface area contributed by atoms with Gasteiger partial charge in [0.1, 0.15) is 11.6 Å². The molecule has 19 heavy (non-hydrogen) atoms. The third kappa shape index (κ3) is 2.89. The highest BCUT2D eigenvalue weighted by Crippen LogP contribution is 2.25. The Morgan fingerprint density at radius 2 is 1.89 bits per heavy atom. The number of ether oxygens (including phenoxy) is 1. The van der Waals surface area contributed by atoms with Gasteiger partial charge < -0.3 is 9.15 Å². The summed E-state index contributed by atoms with van der Waals surface area (Å²) in [5, 5.41) is 7.65. The number of benzene rings is 1. The molecule has 0 radical (unpaired) electrons. The van der Waals surface area contributed by atoms with Crippen molar-refractivity contribution in [2.24, 2.45) is 0 Å². The molecule has 0 aliphatic heterocycles. The summed E-state index contributed by atoms with van der Waals surface area (Å²) in [6.45, 7) is 0.280. The lowest BCUT2D eigenvalue weighted by atomic mass is 9.92. The maximum Gasteiger partial charge on any atom is 0.253 e. The minimum atomic E-state index is 0.228. The van der Waals surface area contributed by atoms with Gasteiger partial charge in [-0.2, -0.15) is 0 Å². The van der Waals surface area contributed by atoms with E-state index in [9.17, 15) is 0 Å². The van der Waals surface area contributed by atoms with E-state index < -0.39 is 0 Å². The monoisotopic (exact) mass is 278 g/mol. The molecule has 2 aromatic rings. The number of hydrogen-bond acceptors (Lipinski definition) is 4. The van der Waals surface area contributed by atoms with Crippen LogP contribution in [0.25, 0.3) is 0 Å². The van der Waals surface area contributed by atoms with E-state index in [1.54, 1.807) is 0 Å². The second kappa shape index (κ2) is 5.61. The van der Waals surface area contributed by atoms with Crippen molar-refractivity contribution in [1.82, 2.24) is 10.2 Å². The quantitative estimate of drug-likeness (QED) is 0.806. The molecular formula is C14H15ClN2O2. The van der Waals surface area contributed by atoms with E-state index in [-0.39, 0.29) is 12.5 Å². The maximum absolute atomic E-state index is 5.68. The van der Waals surface area contributed by atoms with E-state index in [1.165, 1.54) is 30.4 Å². The second-order valence-electron chi connectivity index (χ2n) is 4.65. The van der Waals surface area contributed by atoms with E-state index in [2.05, 4.69) is 22.3 Å². The van der Waals surface area contributed by atoms with Gasteiger partial charge in [-0.25, -0.2) is 0 Å². The smallest absolute Gasteiger partial charge is 0.253 e. The molecule has 100 valence electrons. The molecule has 0 spiro atoms. The first-order valence-corrected chi connectivity index (χ1v) is 7.00. The van der Waals surface area contributed by atoms with Gasteiger partial charge >= 0.3 is 0 Å². The van der Waals surface area contributed by atoms with Crippen LogP contribution >= 0.6 is 11.6 Å². The number of rotatable bonds is 4. The van der Waals surface area contributed by atoms with E-state index in [0.717, 1.165) is 12.2 Å². The molecule has 0 saturated carbocycles. The highest BCUT2D eigenvalue weighted by molar-refractivity contribution is 6.16. The first-order valence-electron chi connectivity index (χ1n) is 6.47. The number of alkyl halides is 1. The molecule has 0 bridgehead atoms. The molecule has 4 nitrogen and oxygen atoms in total. The molecule has 0 saturated heterocycles. The molecule has 0 amide bonds. The van der Waals surface area contributed by atoms with Crippen LogP contribution in [0.1, 0.15) is 35.7 Å². The number of aryl methyl sites for hydroxylation is 2. The van der Waals surface area contributed by atoms with Crippen LogP contribution in [0.5, 0.6) is 5.75 Å². The molecule has 1 aliphatic rings. The van der Waals surface area contributed by atoms with E-state index in [4.69, 9.17) is 20.8 Å². The lowest BCUT2D eigenvalue weighted by molar-refractivity contribution is 0.259. The van der Waals surface area contributed by atoms with Gasteiger partial charge in [-0.05, 0) is 48.9 Å². The van der Waals surface area contributed by atoms with Crippen molar-refractivity contribution in [3.63, 3.8) is 0 Å². The summed E-state index contributed by atoms with van der Waals surface area (Å²) in [6.07, 6.45) is 4.87. The van der Waals surface area contributed by atoms with Crippen LogP contribution < -0.4 is 4.74 Å². The Kier molecular flexibility index (Phi) is 3.69. The van der Waals surface area contributed by atoms with Crippen molar-refractivity contribution in [2.75, 3.05) is 0 Å². The Morgan fingerprint density at radius 3 is 2.68 bits per heavy atom. The minimum Gasteiger partial charge on any atom is -0.484 e. The molecule has 5 heteroatoms. The zero-order chi connectivity index (χ0) is 13.1. The lowest BCUT2D eigenvalue weighted by Gasteiger charge is -2.16. The molecule has 0 fully saturated rings. The largest absolute Gasteiger partial charge is 0.484 e. The van der Waals surface area contributed by atoms with Crippen LogP contribution in [0.15, 0.2) is 22.6 Å². The van der Waals surface area contributed by atoms with Gasteiger partial charge in [0.2, 0.25) is 5.89 Å². The minimum absolute atomic E-state index is 0.228. The van der Waals surface area contributed by atoms with Crippen molar-refractivity contribution < 1.29 is 9.15 Å². The predicted octanol–water partition coefficient (Wildman–Crippen LogP) is 3.27. The molecule has 1 aliphatic carbocycles. The van der Waals surface area contributed by atoms with E-state index in [1.807, 2.05) is 6.07 Å². The molecule has 0 atom stereocenters. The molecule has 3 rings (SSSR count). The van der Waals surface area contributed by atoms with Crippen molar-refractivity contribution in [2.45, 2.75) is 38.2 Å². The van der Waals surface area contributed by atoms with Crippen LogP contribution in [0, 0.1) is 0 Å². The van der Waals surface area contributed by atoms with Crippen LogP contribution in [0.4, 0.5) is 0 Å². The summed E-state index contributed by atoms with van der Waals surface area (Å²) in [6, 6.07) is 6.28. The first-order chi connectivity index (χ1) is 9.35. The normalized spacial score (nSPS) is 14.2. The molecule has 0 unspecified atom stereocenters. The average molecular weight is 279 g/mol. The fourth-order valence-corrected chi connectivity index (χ4v) is 2.45. The number of halogens is 1. The first kappa shape index (κ1) is 12.5. The number of hydrogen-bond donors (Lipinski definition) is 0. The molecule has 1 aromatic heterocycles. The Hall–Kier alpha value is -1.55. The molecular weight excluding hydrogens is 264 g/mol. The zero-order valence-corrected chi connectivity index (χ0v) is 11.3. The van der Waals surface area contributed by atoms with E-state index in [0.29, 0.717) is 11.8 Å². The zero-order valence-electron chi connectivity index (χ0n) is 10.6. The fourth-order valence-electron chi connectivity index (χ4n) is 2.35. The van der Waals surface area contributed by atoms with Crippen LogP contribution in [-0.4, -0.2) is 10.2 Å². The van der Waals surface area contributed by atoms with Gasteiger partial charge in [-0.15, -0.1) is 21.8 Å². The van der Waals surface area contributed by atoms with Gasteiger partial charge in [-0.1, -0.05) is 6.07 Å². The highest BCUT2D eigenvalue weighted by Gasteiger charge is 2.11. The summed E-state index contributed by atoms with van der Waals surface area (Å²) in [7, 11) is 0. The van der Waals surface area contributed by atoms with Gasteiger partial charge in [0.25, 0.3) is 5.89 Å². The van der Waals surface area contributed by atoms with Crippen LogP contribution in [0.2, 0.25) is 0 Å². The van der Waals surface area contributed by atoms with Crippen molar-refractivity contribution in [1.29, 1.82) is 0 Å². The van der Waals surface area contributed by atoms with Crippen molar-refractivity contribution in [3.8, 4) is 5.75 Å². The summed E-state index contributed by atoms with van der Waals surface area (Å²) in [4.78, 5) is 0. The average Bonchev–Trinajstić information content (AvgIpc) is 2.93. The number of fused-ring (bicyclic) bond motifs is 1. The van der Waals surface area contributed by atoms with Gasteiger partial charge in [0, 0.05) is 0 Å². The lowest BCUT2D eigenvalue weighted by Crippen LogP contribution is -2.03. The van der Waals surface area contributed by atoms with Crippen molar-refractivity contribution in [3.05, 3.63) is 41.1 Å². The summed E-state index contributed by atoms with van der Waals surface area (Å²) in [5.41, 5.74) is 2.84. The summed E-state index contributed by atoms with van der Waals surface area (Å²) >= 11 is 5.60. The Balaban J connectivity index is 1.66. The highest BCUT2D eigenvalue weighted by atomic mass is 35.5. The van der Waals surface area contributed by atoms with Crippen molar-refractivity contribution >= 4 is 11.6 Å². The molecule has 1 aromatic carbocycles. The van der Waals surface area contributed by atoms with E-state index >= 15 is 0 Å². The summed E-state index contributed by atoms with van der Waals surface area (Å²) < 4.78 is 11.0. The van der Waals surface area contributed by atoms with Crippen LogP contribution in [0.3, 0.4) is 0 Å². The SMILES string of the molecule is ClCc1nnc(COc2ccc3c(c2)CCCC3)o1. The topological polar surface area (TPSA) is 48.2 Å². The van der Waals surface area contributed by atoms with Crippen LogP contribution in [-0.2, 0) is 25.3 Å². The number of aromatic nitrogens is 2. The Bertz CT molecular complexity index is 568. The predicted molar refractivity (Wildman–Crippen MR) is 71.3 cm³/mol.